The minimum Gasteiger partial charge on any atom is -0.444 e. The Kier molecular flexibility index (Phi) is 5.42. The number of hydrogen-bond acceptors (Lipinski definition) is 4. The van der Waals surface area contributed by atoms with Gasteiger partial charge in [-0.3, -0.25) is 0 Å². The number of carbonyl (C=O) groups excluding carboxylic acids is 1. The van der Waals surface area contributed by atoms with E-state index in [1.165, 1.54) is 0 Å². The lowest BCUT2D eigenvalue weighted by Gasteiger charge is -2.21. The summed E-state index contributed by atoms with van der Waals surface area (Å²) in [5.41, 5.74) is -0.491. The first-order valence-electron chi connectivity index (χ1n) is 6.12. The van der Waals surface area contributed by atoms with Gasteiger partial charge in [-0.15, -0.1) is 0 Å². The topological polar surface area (TPSA) is 63.2 Å². The molecule has 0 aliphatic rings. The first kappa shape index (κ1) is 15.6. The maximum Gasteiger partial charge on any atom is 0.407 e. The van der Waals surface area contributed by atoms with E-state index in [-0.39, 0.29) is 6.04 Å². The Labute approximate surface area is 118 Å². The number of nitrogens with one attached hydrogen (secondary N) is 2. The van der Waals surface area contributed by atoms with E-state index in [0.717, 1.165) is 0 Å². The number of anilines is 1. The van der Waals surface area contributed by atoms with Gasteiger partial charge < -0.3 is 15.4 Å². The zero-order valence-electron chi connectivity index (χ0n) is 11.7. The monoisotopic (exact) mass is 285 g/mol. The molecule has 0 saturated heterocycles. The van der Waals surface area contributed by atoms with Crippen LogP contribution < -0.4 is 10.6 Å². The highest BCUT2D eigenvalue weighted by Crippen LogP contribution is 2.10. The van der Waals surface area contributed by atoms with Crippen molar-refractivity contribution in [1.82, 2.24) is 10.3 Å². The number of alkyl carbamates (subject to hydrolysis) is 1. The number of aromatic nitrogens is 1. The average molecular weight is 286 g/mol. The lowest BCUT2D eigenvalue weighted by molar-refractivity contribution is 0.0526. The Morgan fingerprint density at radius 2 is 2.16 bits per heavy atom. The van der Waals surface area contributed by atoms with Crippen LogP contribution >= 0.6 is 11.6 Å². The molecule has 2 N–H and O–H groups in total. The van der Waals surface area contributed by atoms with Crippen molar-refractivity contribution in [2.24, 2.45) is 0 Å². The van der Waals surface area contributed by atoms with Crippen LogP contribution in [0.3, 0.4) is 0 Å². The zero-order valence-corrected chi connectivity index (χ0v) is 12.4. The third kappa shape index (κ3) is 6.86. The van der Waals surface area contributed by atoms with Crippen LogP contribution in [0.1, 0.15) is 27.7 Å². The molecule has 6 heteroatoms. The first-order valence-corrected chi connectivity index (χ1v) is 6.50. The van der Waals surface area contributed by atoms with Gasteiger partial charge >= 0.3 is 6.09 Å². The van der Waals surface area contributed by atoms with Crippen molar-refractivity contribution in [2.45, 2.75) is 39.3 Å². The van der Waals surface area contributed by atoms with Crippen molar-refractivity contribution in [3.63, 3.8) is 0 Å². The normalized spacial score (nSPS) is 12.7. The Hall–Kier alpha value is -1.49. The van der Waals surface area contributed by atoms with Gasteiger partial charge in [-0.1, -0.05) is 17.7 Å². The van der Waals surface area contributed by atoms with Crippen LogP contribution in [0.4, 0.5) is 10.6 Å². The molecule has 0 aromatic carbocycles. The van der Waals surface area contributed by atoms with Crippen LogP contribution in [-0.4, -0.2) is 29.3 Å². The molecule has 0 spiro atoms. The van der Waals surface area contributed by atoms with Crippen molar-refractivity contribution in [3.05, 3.63) is 23.4 Å². The largest absolute Gasteiger partial charge is 0.444 e. The molecule has 0 aliphatic carbocycles. The molecule has 0 saturated carbocycles. The molecule has 1 rings (SSSR count). The molecule has 1 aromatic rings. The third-order valence-electron chi connectivity index (χ3n) is 2.06. The van der Waals surface area contributed by atoms with E-state index in [1.54, 1.807) is 6.07 Å². The van der Waals surface area contributed by atoms with E-state index < -0.39 is 11.7 Å². The summed E-state index contributed by atoms with van der Waals surface area (Å²) in [4.78, 5) is 15.6. The van der Waals surface area contributed by atoms with Crippen molar-refractivity contribution < 1.29 is 9.53 Å². The minimum atomic E-state index is -0.491. The highest BCUT2D eigenvalue weighted by atomic mass is 35.5. The van der Waals surface area contributed by atoms with Crippen LogP contribution in [0.5, 0.6) is 0 Å². The smallest absolute Gasteiger partial charge is 0.407 e. The summed E-state index contributed by atoms with van der Waals surface area (Å²) in [6, 6.07) is 5.34. The number of rotatable bonds is 4. The summed E-state index contributed by atoms with van der Waals surface area (Å²) in [6.07, 6.45) is -0.430. The van der Waals surface area contributed by atoms with Gasteiger partial charge in [0.1, 0.15) is 16.6 Å². The summed E-state index contributed by atoms with van der Waals surface area (Å²) >= 11 is 5.79. The molecule has 1 heterocycles. The predicted octanol–water partition coefficient (Wildman–Crippen LogP) is 3.06. The fourth-order valence-electron chi connectivity index (χ4n) is 1.34. The standard InChI is InChI=1S/C13H20ClN3O2/c1-9(8-15-12(18)19-13(2,3)4)16-11-7-5-6-10(14)17-11/h5-7,9H,8H2,1-4H3,(H,15,18)(H,16,17). The van der Waals surface area contributed by atoms with Crippen LogP contribution in [0, 0.1) is 0 Å². The van der Waals surface area contributed by atoms with Gasteiger partial charge in [0.05, 0.1) is 0 Å². The number of pyridine rings is 1. The highest BCUT2D eigenvalue weighted by Gasteiger charge is 2.16. The number of hydrogen-bond donors (Lipinski definition) is 2. The second-order valence-corrected chi connectivity index (χ2v) is 5.66. The van der Waals surface area contributed by atoms with Crippen molar-refractivity contribution in [2.75, 3.05) is 11.9 Å². The molecule has 5 nitrogen and oxygen atoms in total. The fourth-order valence-corrected chi connectivity index (χ4v) is 1.51. The lowest BCUT2D eigenvalue weighted by Crippen LogP contribution is -2.38. The van der Waals surface area contributed by atoms with E-state index in [1.807, 2.05) is 39.8 Å². The molecule has 1 unspecified atom stereocenters. The second kappa shape index (κ2) is 6.61. The van der Waals surface area contributed by atoms with Gasteiger partial charge in [-0.05, 0) is 39.8 Å². The fraction of sp³-hybridized carbons (Fsp3) is 0.538. The Morgan fingerprint density at radius 1 is 1.47 bits per heavy atom. The quantitative estimate of drug-likeness (QED) is 0.835. The summed E-state index contributed by atoms with van der Waals surface area (Å²) < 4.78 is 5.14. The Balaban J connectivity index is 2.36. The second-order valence-electron chi connectivity index (χ2n) is 5.27. The van der Waals surface area contributed by atoms with Crippen LogP contribution in [0.15, 0.2) is 18.2 Å². The molecule has 1 atom stereocenters. The Morgan fingerprint density at radius 3 is 2.74 bits per heavy atom. The number of carbonyl (C=O) groups is 1. The lowest BCUT2D eigenvalue weighted by atomic mass is 10.2. The van der Waals surface area contributed by atoms with E-state index in [4.69, 9.17) is 16.3 Å². The summed E-state index contributed by atoms with van der Waals surface area (Å²) in [7, 11) is 0. The number of halogens is 1. The number of nitrogens with zero attached hydrogens (tertiary/aromatic N) is 1. The Bertz CT molecular complexity index is 432. The molecular weight excluding hydrogens is 266 g/mol. The summed E-state index contributed by atoms with van der Waals surface area (Å²) in [6.45, 7) is 7.83. The predicted molar refractivity (Wildman–Crippen MR) is 76.6 cm³/mol. The van der Waals surface area contributed by atoms with E-state index in [9.17, 15) is 4.79 Å². The molecule has 0 aliphatic heterocycles. The van der Waals surface area contributed by atoms with Gasteiger partial charge in [-0.25, -0.2) is 9.78 Å². The molecular formula is C13H20ClN3O2. The SMILES string of the molecule is CC(CNC(=O)OC(C)(C)C)Nc1cccc(Cl)n1. The number of amides is 1. The number of ether oxygens (including phenoxy) is 1. The average Bonchev–Trinajstić information content (AvgIpc) is 2.24. The maximum absolute atomic E-state index is 11.5. The molecule has 1 amide bonds. The van der Waals surface area contributed by atoms with E-state index in [0.29, 0.717) is 17.5 Å². The van der Waals surface area contributed by atoms with Crippen molar-refractivity contribution in [3.8, 4) is 0 Å². The van der Waals surface area contributed by atoms with Crippen LogP contribution in [0.2, 0.25) is 5.15 Å². The molecule has 0 bridgehead atoms. The van der Waals surface area contributed by atoms with Gasteiger partial charge in [0.25, 0.3) is 0 Å². The van der Waals surface area contributed by atoms with Crippen LogP contribution in [-0.2, 0) is 4.74 Å². The van der Waals surface area contributed by atoms with Gasteiger partial charge in [0.15, 0.2) is 0 Å². The maximum atomic E-state index is 11.5. The van der Waals surface area contributed by atoms with E-state index >= 15 is 0 Å². The highest BCUT2D eigenvalue weighted by molar-refractivity contribution is 6.29. The third-order valence-corrected chi connectivity index (χ3v) is 2.27. The molecule has 0 radical (unpaired) electrons. The summed E-state index contributed by atoms with van der Waals surface area (Å²) in [5.74, 6) is 0.672. The van der Waals surface area contributed by atoms with Crippen molar-refractivity contribution >= 4 is 23.5 Å². The first-order chi connectivity index (χ1) is 8.76. The van der Waals surface area contributed by atoms with Crippen LogP contribution in [0.25, 0.3) is 0 Å². The molecule has 1 aromatic heterocycles. The van der Waals surface area contributed by atoms with E-state index in [2.05, 4.69) is 15.6 Å². The van der Waals surface area contributed by atoms with Gasteiger partial charge in [-0.2, -0.15) is 0 Å². The van der Waals surface area contributed by atoms with Crippen molar-refractivity contribution in [1.29, 1.82) is 0 Å². The molecule has 0 fully saturated rings. The minimum absolute atomic E-state index is 0.0125. The molecule has 19 heavy (non-hydrogen) atoms. The summed E-state index contributed by atoms with van der Waals surface area (Å²) in [5, 5.41) is 6.25. The zero-order chi connectivity index (χ0) is 14.5. The van der Waals surface area contributed by atoms with Gasteiger partial charge in [0.2, 0.25) is 0 Å². The van der Waals surface area contributed by atoms with Gasteiger partial charge in [0, 0.05) is 12.6 Å². The molecule has 106 valence electrons.